The summed E-state index contributed by atoms with van der Waals surface area (Å²) in [5.74, 6) is 3.39. The van der Waals surface area contributed by atoms with Crippen LogP contribution in [0.25, 0.3) is 0 Å². The molecule has 2 aliphatic rings. The second kappa shape index (κ2) is 20.5. The molecule has 4 aromatic carbocycles. The van der Waals surface area contributed by atoms with E-state index in [9.17, 15) is 0 Å². The fourth-order valence-corrected chi connectivity index (χ4v) is 4.91. The smallest absolute Gasteiger partial charge is 0.150 e. The predicted molar refractivity (Wildman–Crippen MR) is 190 cm³/mol. The molecule has 2 heterocycles. The van der Waals surface area contributed by atoms with E-state index >= 15 is 0 Å². The monoisotopic (exact) mass is 714 g/mol. The largest absolute Gasteiger partial charge is 0.490 e. The maximum absolute atomic E-state index is 6.03. The van der Waals surface area contributed by atoms with Gasteiger partial charge in [0.1, 0.15) is 85.4 Å². The van der Waals surface area contributed by atoms with Gasteiger partial charge in [-0.15, -0.1) is 20.5 Å². The van der Waals surface area contributed by atoms with E-state index in [0.717, 1.165) is 0 Å². The second-order valence-corrected chi connectivity index (χ2v) is 11.1. The molecule has 6 rings (SSSR count). The summed E-state index contributed by atoms with van der Waals surface area (Å²) >= 11 is 0. The Hall–Kier alpha value is -5.28. The van der Waals surface area contributed by atoms with Crippen molar-refractivity contribution in [3.8, 4) is 34.5 Å². The summed E-state index contributed by atoms with van der Waals surface area (Å²) in [6, 6.07) is 25.6. The third-order valence-electron chi connectivity index (χ3n) is 7.43. The first kappa shape index (κ1) is 36.5. The Morgan fingerprint density at radius 2 is 0.692 bits per heavy atom. The van der Waals surface area contributed by atoms with Crippen LogP contribution in [-0.2, 0) is 18.9 Å². The lowest BCUT2D eigenvalue weighted by atomic mass is 10.2. The number of ether oxygens (including phenoxy) is 10. The number of rotatable bonds is 5. The van der Waals surface area contributed by atoms with E-state index in [0.29, 0.717) is 137 Å². The number of hydrogen-bond acceptors (Lipinski definition) is 14. The molecular weight excluding hydrogens is 672 g/mol. The fourth-order valence-electron chi connectivity index (χ4n) is 4.91. The Bertz CT molecular complexity index is 1630. The topological polar surface area (TPSA) is 142 Å². The van der Waals surface area contributed by atoms with Gasteiger partial charge in [-0.05, 0) is 48.5 Å². The second-order valence-electron chi connectivity index (χ2n) is 11.1. The first-order valence-electron chi connectivity index (χ1n) is 17.2. The fraction of sp³-hybridized carbons (Fsp3) is 0.368. The van der Waals surface area contributed by atoms with E-state index < -0.39 is 0 Å². The van der Waals surface area contributed by atoms with Crippen LogP contribution in [0.4, 0.5) is 22.7 Å². The van der Waals surface area contributed by atoms with Gasteiger partial charge in [0.05, 0.1) is 52.9 Å². The zero-order chi connectivity index (χ0) is 35.5. The van der Waals surface area contributed by atoms with Crippen molar-refractivity contribution in [2.24, 2.45) is 20.5 Å². The minimum Gasteiger partial charge on any atom is -0.490 e. The molecule has 4 aromatic rings. The molecule has 52 heavy (non-hydrogen) atoms. The summed E-state index contributed by atoms with van der Waals surface area (Å²) in [5.41, 5.74) is 2.27. The first-order valence-corrected chi connectivity index (χ1v) is 17.2. The highest BCUT2D eigenvalue weighted by atomic mass is 16.6. The van der Waals surface area contributed by atoms with Crippen molar-refractivity contribution in [1.29, 1.82) is 0 Å². The van der Waals surface area contributed by atoms with E-state index in [1.54, 1.807) is 24.3 Å². The molecule has 274 valence electrons. The average Bonchev–Trinajstić information content (AvgIpc) is 3.17. The molecule has 0 aliphatic carbocycles. The number of benzene rings is 4. The Morgan fingerprint density at radius 3 is 1.10 bits per heavy atom. The van der Waals surface area contributed by atoms with Crippen molar-refractivity contribution in [2.45, 2.75) is 0 Å². The molecule has 0 fully saturated rings. The lowest BCUT2D eigenvalue weighted by Crippen LogP contribution is -2.14. The molecule has 0 radical (unpaired) electrons. The quantitative estimate of drug-likeness (QED) is 0.190. The molecule has 0 saturated heterocycles. The standard InChI is InChI=1S/C38H42N4O10/c1-3-7-35-31(5-1)39-41-33-11-9-29(27-37(33)51-23-19-45-15-13-43-17-21-49-35)47-25-26-48-30-10-12-34-38(28-30)52-24-20-46-16-14-44-18-22-50-36-8-4-2-6-32(36)40-42-34/h1-12,27-28H,13-26H2. The molecular formula is C38H42N4O10. The minimum absolute atomic E-state index is 0.262. The zero-order valence-electron chi connectivity index (χ0n) is 28.9. The maximum atomic E-state index is 6.03. The Balaban J connectivity index is 1.09. The van der Waals surface area contributed by atoms with E-state index in [2.05, 4.69) is 20.5 Å². The molecule has 14 heteroatoms. The van der Waals surface area contributed by atoms with Crippen molar-refractivity contribution < 1.29 is 47.4 Å². The van der Waals surface area contributed by atoms with Crippen LogP contribution in [0.15, 0.2) is 105 Å². The van der Waals surface area contributed by atoms with Crippen LogP contribution in [-0.4, -0.2) is 92.5 Å². The van der Waals surface area contributed by atoms with Crippen LogP contribution >= 0.6 is 0 Å². The number of azo groups is 2. The minimum atomic E-state index is 0.262. The van der Waals surface area contributed by atoms with E-state index in [-0.39, 0.29) is 13.2 Å². The van der Waals surface area contributed by atoms with Crippen molar-refractivity contribution in [3.63, 3.8) is 0 Å². The summed E-state index contributed by atoms with van der Waals surface area (Å²) in [5, 5.41) is 17.8. The molecule has 14 nitrogen and oxygen atoms in total. The Morgan fingerprint density at radius 1 is 0.365 bits per heavy atom. The van der Waals surface area contributed by atoms with Crippen molar-refractivity contribution in [2.75, 3.05) is 92.5 Å². The predicted octanol–water partition coefficient (Wildman–Crippen LogP) is 7.58. The van der Waals surface area contributed by atoms with Gasteiger partial charge < -0.3 is 47.4 Å². The number of fused-ring (bicyclic) bond motifs is 4. The summed E-state index contributed by atoms with van der Waals surface area (Å²) in [7, 11) is 0. The van der Waals surface area contributed by atoms with Crippen molar-refractivity contribution >= 4 is 22.7 Å². The van der Waals surface area contributed by atoms with Gasteiger partial charge in [-0.1, -0.05) is 24.3 Å². The molecule has 0 saturated carbocycles. The van der Waals surface area contributed by atoms with Crippen molar-refractivity contribution in [3.05, 3.63) is 84.9 Å². The third kappa shape index (κ3) is 11.6. The highest BCUT2D eigenvalue weighted by Crippen LogP contribution is 2.37. The number of nitrogens with zero attached hydrogens (tertiary/aromatic N) is 4. The summed E-state index contributed by atoms with van der Waals surface area (Å²) in [4.78, 5) is 0. The SMILES string of the molecule is c1ccc2c(c1)N=Nc1ccc(OCCOc3ccc4c(c3)OCCOCCOCCOc3ccccc3N=N4)cc1OCCOCCOCCO2. The zero-order valence-corrected chi connectivity index (χ0v) is 28.9. The Kier molecular flexibility index (Phi) is 14.4. The average molecular weight is 715 g/mol. The van der Waals surface area contributed by atoms with E-state index in [1.165, 1.54) is 0 Å². The molecule has 0 N–H and O–H groups in total. The Labute approximate surface area is 302 Å². The van der Waals surface area contributed by atoms with Gasteiger partial charge in [-0.25, -0.2) is 0 Å². The van der Waals surface area contributed by atoms with Crippen LogP contribution < -0.4 is 28.4 Å². The van der Waals surface area contributed by atoms with Crippen molar-refractivity contribution in [1.82, 2.24) is 0 Å². The molecule has 0 aromatic heterocycles. The van der Waals surface area contributed by atoms with Crippen LogP contribution in [0.5, 0.6) is 34.5 Å². The van der Waals surface area contributed by atoms with Crippen LogP contribution in [0, 0.1) is 0 Å². The molecule has 0 amide bonds. The summed E-state index contributed by atoms with van der Waals surface area (Å²) in [6.45, 7) is 5.39. The molecule has 0 unspecified atom stereocenters. The summed E-state index contributed by atoms with van der Waals surface area (Å²) in [6.07, 6.45) is 0. The van der Waals surface area contributed by atoms with Gasteiger partial charge in [0.2, 0.25) is 0 Å². The lowest BCUT2D eigenvalue weighted by Gasteiger charge is -2.14. The number of para-hydroxylation sites is 2. The van der Waals surface area contributed by atoms with Crippen LogP contribution in [0.1, 0.15) is 0 Å². The highest BCUT2D eigenvalue weighted by molar-refractivity contribution is 5.58. The van der Waals surface area contributed by atoms with Crippen LogP contribution in [0.3, 0.4) is 0 Å². The number of hydrogen-bond donors (Lipinski definition) is 0. The van der Waals surface area contributed by atoms with Gasteiger partial charge in [0.15, 0.2) is 11.5 Å². The van der Waals surface area contributed by atoms with Gasteiger partial charge in [0, 0.05) is 12.1 Å². The first-order chi connectivity index (χ1) is 25.8. The molecule has 2 aliphatic heterocycles. The lowest BCUT2D eigenvalue weighted by molar-refractivity contribution is 0.0274. The van der Waals surface area contributed by atoms with Gasteiger partial charge in [-0.2, -0.15) is 0 Å². The van der Waals surface area contributed by atoms with Crippen LogP contribution in [0.2, 0.25) is 0 Å². The molecule has 0 bridgehead atoms. The third-order valence-corrected chi connectivity index (χ3v) is 7.43. The highest BCUT2D eigenvalue weighted by Gasteiger charge is 2.11. The van der Waals surface area contributed by atoms with E-state index in [4.69, 9.17) is 47.4 Å². The normalized spacial score (nSPS) is 16.2. The van der Waals surface area contributed by atoms with Gasteiger partial charge in [0.25, 0.3) is 0 Å². The molecule has 0 spiro atoms. The van der Waals surface area contributed by atoms with Gasteiger partial charge in [-0.3, -0.25) is 0 Å². The van der Waals surface area contributed by atoms with E-state index in [1.807, 2.05) is 60.7 Å². The summed E-state index contributed by atoms with van der Waals surface area (Å²) < 4.78 is 58.2. The van der Waals surface area contributed by atoms with Gasteiger partial charge >= 0.3 is 0 Å². The molecule has 0 atom stereocenters. The maximum Gasteiger partial charge on any atom is 0.150 e.